The summed E-state index contributed by atoms with van der Waals surface area (Å²) < 4.78 is 18.4. The van der Waals surface area contributed by atoms with Crippen LogP contribution in [0.4, 0.5) is 0 Å². The molecule has 0 unspecified atom stereocenters. The highest BCUT2D eigenvalue weighted by atomic mass is 28.4. The lowest BCUT2D eigenvalue weighted by atomic mass is 10.1. The number of ether oxygens (including phenoxy) is 2. The van der Waals surface area contributed by atoms with E-state index in [9.17, 15) is 5.11 Å². The van der Waals surface area contributed by atoms with E-state index < -0.39 is 26.8 Å². The van der Waals surface area contributed by atoms with Crippen LogP contribution in [0.1, 0.15) is 20.8 Å². The predicted octanol–water partition coefficient (Wildman–Crippen LogP) is 3.41. The number of aliphatic hydroxyl groups excluding tert-OH is 1. The molecule has 0 spiro atoms. The number of hydrogen-bond acceptors (Lipinski definition) is 4. The maximum atomic E-state index is 10.5. The summed E-state index contributed by atoms with van der Waals surface area (Å²) in [6, 6.07) is 20.9. The Balaban J connectivity index is 1.94. The van der Waals surface area contributed by atoms with Gasteiger partial charge in [-0.15, -0.1) is 6.58 Å². The van der Waals surface area contributed by atoms with E-state index in [1.165, 1.54) is 10.4 Å². The summed E-state index contributed by atoms with van der Waals surface area (Å²) in [4.78, 5) is 0. The third-order valence-corrected chi connectivity index (χ3v) is 10.4. The zero-order chi connectivity index (χ0) is 21.6. The standard InChI is InChI=1S/C25H32O4Si/c1-5-18-27-24-17-16-22(26)23(29-24)19-28-30(25(2,3)4,20-12-8-6-9-13-20)21-14-10-7-11-15-21/h5-17,22-24,26H,1,18-19H2,2-4H3/t22-,23-,24+/m1/s1. The van der Waals surface area contributed by atoms with Gasteiger partial charge in [0.15, 0.2) is 6.29 Å². The van der Waals surface area contributed by atoms with Gasteiger partial charge in [-0.1, -0.05) is 93.6 Å². The van der Waals surface area contributed by atoms with Crippen LogP contribution in [0.25, 0.3) is 0 Å². The fourth-order valence-electron chi connectivity index (χ4n) is 3.99. The van der Waals surface area contributed by atoms with Crippen molar-refractivity contribution in [3.63, 3.8) is 0 Å². The van der Waals surface area contributed by atoms with Gasteiger partial charge in [-0.3, -0.25) is 0 Å². The molecule has 0 aromatic heterocycles. The van der Waals surface area contributed by atoms with Crippen molar-refractivity contribution >= 4 is 18.7 Å². The number of hydrogen-bond donors (Lipinski definition) is 1. The third kappa shape index (κ3) is 4.82. The molecular formula is C25H32O4Si. The Morgan fingerprint density at radius 2 is 1.57 bits per heavy atom. The fraction of sp³-hybridized carbons (Fsp3) is 0.360. The van der Waals surface area contributed by atoms with Crippen LogP contribution < -0.4 is 10.4 Å². The van der Waals surface area contributed by atoms with Crippen LogP contribution in [0, 0.1) is 0 Å². The molecule has 1 aliphatic rings. The van der Waals surface area contributed by atoms with Crippen molar-refractivity contribution in [3.05, 3.63) is 85.5 Å². The molecule has 2 aromatic carbocycles. The van der Waals surface area contributed by atoms with Crippen LogP contribution in [0.3, 0.4) is 0 Å². The average Bonchev–Trinajstić information content (AvgIpc) is 2.75. The Kier molecular flexibility index (Phi) is 7.44. The highest BCUT2D eigenvalue weighted by Gasteiger charge is 2.50. The minimum atomic E-state index is -2.68. The van der Waals surface area contributed by atoms with Crippen molar-refractivity contribution in [3.8, 4) is 0 Å². The quantitative estimate of drug-likeness (QED) is 0.521. The van der Waals surface area contributed by atoms with Crippen molar-refractivity contribution in [2.45, 2.75) is 44.3 Å². The molecule has 1 N–H and O–H groups in total. The van der Waals surface area contributed by atoms with Gasteiger partial charge in [0.1, 0.15) is 12.2 Å². The highest BCUT2D eigenvalue weighted by Crippen LogP contribution is 2.37. The molecule has 30 heavy (non-hydrogen) atoms. The molecule has 0 fully saturated rings. The third-order valence-electron chi connectivity index (χ3n) is 5.41. The molecule has 3 atom stereocenters. The van der Waals surface area contributed by atoms with E-state index in [0.717, 1.165) is 0 Å². The first-order chi connectivity index (χ1) is 14.4. The van der Waals surface area contributed by atoms with E-state index in [2.05, 4.69) is 75.9 Å². The van der Waals surface area contributed by atoms with Crippen LogP contribution in [0.5, 0.6) is 0 Å². The summed E-state index contributed by atoms with van der Waals surface area (Å²) in [6.45, 7) is 11.0. The topological polar surface area (TPSA) is 47.9 Å². The van der Waals surface area contributed by atoms with Crippen molar-refractivity contribution in [1.82, 2.24) is 0 Å². The Morgan fingerprint density at radius 3 is 2.07 bits per heavy atom. The van der Waals surface area contributed by atoms with E-state index in [0.29, 0.717) is 6.61 Å². The molecule has 5 heteroatoms. The van der Waals surface area contributed by atoms with E-state index in [-0.39, 0.29) is 11.6 Å². The number of rotatable bonds is 8. The molecule has 3 rings (SSSR count). The molecule has 4 nitrogen and oxygen atoms in total. The van der Waals surface area contributed by atoms with E-state index in [1.807, 2.05) is 12.1 Å². The Hall–Kier alpha value is -2.02. The van der Waals surface area contributed by atoms with Gasteiger partial charge in [0.05, 0.1) is 13.2 Å². The van der Waals surface area contributed by atoms with Crippen LogP contribution in [0.2, 0.25) is 5.04 Å². The normalized spacial score (nSPS) is 22.1. The molecule has 160 valence electrons. The van der Waals surface area contributed by atoms with Crippen molar-refractivity contribution < 1.29 is 19.0 Å². The first-order valence-electron chi connectivity index (χ1n) is 10.4. The first-order valence-corrected chi connectivity index (χ1v) is 12.3. The van der Waals surface area contributed by atoms with Gasteiger partial charge in [-0.05, 0) is 21.5 Å². The smallest absolute Gasteiger partial charge is 0.261 e. The summed E-state index contributed by atoms with van der Waals surface area (Å²) in [5.41, 5.74) is 0. The molecule has 2 aromatic rings. The molecule has 0 amide bonds. The van der Waals surface area contributed by atoms with E-state index in [4.69, 9.17) is 13.9 Å². The Morgan fingerprint density at radius 1 is 1.00 bits per heavy atom. The van der Waals surface area contributed by atoms with Gasteiger partial charge in [0.25, 0.3) is 8.32 Å². The largest absolute Gasteiger partial charge is 0.405 e. The molecule has 0 aliphatic carbocycles. The molecule has 1 aliphatic heterocycles. The monoisotopic (exact) mass is 424 g/mol. The van der Waals surface area contributed by atoms with Crippen molar-refractivity contribution in [1.29, 1.82) is 0 Å². The van der Waals surface area contributed by atoms with Gasteiger partial charge in [-0.2, -0.15) is 0 Å². The molecular weight excluding hydrogens is 392 g/mol. The van der Waals surface area contributed by atoms with Crippen LogP contribution >= 0.6 is 0 Å². The zero-order valence-corrected chi connectivity index (χ0v) is 19.0. The zero-order valence-electron chi connectivity index (χ0n) is 18.0. The predicted molar refractivity (Wildman–Crippen MR) is 124 cm³/mol. The minimum absolute atomic E-state index is 0.135. The summed E-state index contributed by atoms with van der Waals surface area (Å²) in [5, 5.41) is 12.8. The Bertz CT molecular complexity index is 790. The summed E-state index contributed by atoms with van der Waals surface area (Å²) in [5.74, 6) is 0. The van der Waals surface area contributed by atoms with Gasteiger partial charge in [0.2, 0.25) is 0 Å². The minimum Gasteiger partial charge on any atom is -0.405 e. The van der Waals surface area contributed by atoms with Crippen molar-refractivity contribution in [2.75, 3.05) is 13.2 Å². The van der Waals surface area contributed by atoms with Crippen LogP contribution in [-0.4, -0.2) is 45.1 Å². The maximum Gasteiger partial charge on any atom is 0.261 e. The molecule has 0 saturated carbocycles. The second-order valence-corrected chi connectivity index (χ2v) is 12.8. The lowest BCUT2D eigenvalue weighted by Gasteiger charge is -2.44. The summed E-state index contributed by atoms with van der Waals surface area (Å²) >= 11 is 0. The van der Waals surface area contributed by atoms with Gasteiger partial charge < -0.3 is 19.0 Å². The highest BCUT2D eigenvalue weighted by molar-refractivity contribution is 6.99. The molecule has 0 saturated heterocycles. The number of benzene rings is 2. The average molecular weight is 425 g/mol. The second kappa shape index (κ2) is 9.86. The maximum absolute atomic E-state index is 10.5. The second-order valence-electron chi connectivity index (χ2n) is 8.51. The fourth-order valence-corrected chi connectivity index (χ4v) is 8.56. The number of aliphatic hydroxyl groups is 1. The molecule has 0 bridgehead atoms. The van der Waals surface area contributed by atoms with E-state index in [1.54, 1.807) is 18.2 Å². The van der Waals surface area contributed by atoms with Gasteiger partial charge >= 0.3 is 0 Å². The summed E-state index contributed by atoms with van der Waals surface area (Å²) in [6.07, 6.45) is 3.36. The van der Waals surface area contributed by atoms with Gasteiger partial charge in [-0.25, -0.2) is 0 Å². The Labute approximate surface area is 180 Å². The first kappa shape index (κ1) is 22.7. The lowest BCUT2D eigenvalue weighted by Crippen LogP contribution is -2.67. The van der Waals surface area contributed by atoms with Crippen molar-refractivity contribution in [2.24, 2.45) is 0 Å². The van der Waals surface area contributed by atoms with Crippen LogP contribution in [-0.2, 0) is 13.9 Å². The van der Waals surface area contributed by atoms with E-state index >= 15 is 0 Å². The molecule has 1 heterocycles. The summed E-state index contributed by atoms with van der Waals surface area (Å²) in [7, 11) is -2.68. The van der Waals surface area contributed by atoms with Gasteiger partial charge in [0, 0.05) is 0 Å². The lowest BCUT2D eigenvalue weighted by molar-refractivity contribution is -0.173. The SMILES string of the molecule is C=CCO[C@@H]1C=C[C@@H](O)[C@@H](CO[Si](c2ccccc2)(c2ccccc2)C(C)(C)C)O1. The molecule has 0 radical (unpaired) electrons. The van der Waals surface area contributed by atoms with Crippen LogP contribution in [0.15, 0.2) is 85.5 Å².